The highest BCUT2D eigenvalue weighted by Gasteiger charge is 2.17. The van der Waals surface area contributed by atoms with Gasteiger partial charge in [-0.05, 0) is 12.3 Å². The van der Waals surface area contributed by atoms with E-state index in [1.807, 2.05) is 6.07 Å². The summed E-state index contributed by atoms with van der Waals surface area (Å²) in [7, 11) is 0. The zero-order valence-corrected chi connectivity index (χ0v) is 11.0. The molecule has 1 aromatic rings. The number of nitrogens with zero attached hydrogens (tertiary/aromatic N) is 3. The number of hydrogen-bond acceptors (Lipinski definition) is 5. The molecule has 17 heavy (non-hydrogen) atoms. The molecule has 0 radical (unpaired) electrons. The molecule has 1 N–H and O–H groups in total. The van der Waals surface area contributed by atoms with Gasteiger partial charge < -0.3 is 0 Å². The molecule has 0 aliphatic rings. The summed E-state index contributed by atoms with van der Waals surface area (Å²) in [5.41, 5.74) is 0. The molecule has 0 aliphatic carbocycles. The second-order valence-electron chi connectivity index (χ2n) is 4.18. The zero-order chi connectivity index (χ0) is 12.8. The van der Waals surface area contributed by atoms with Gasteiger partial charge in [0, 0.05) is 6.42 Å². The van der Waals surface area contributed by atoms with Gasteiger partial charge in [-0.1, -0.05) is 32.1 Å². The molecule has 6 heteroatoms. The smallest absolute Gasteiger partial charge is 0.243 e. The van der Waals surface area contributed by atoms with Crippen molar-refractivity contribution in [3.63, 3.8) is 0 Å². The first-order chi connectivity index (χ1) is 8.06. The minimum absolute atomic E-state index is 0.303. The van der Waals surface area contributed by atoms with E-state index in [4.69, 9.17) is 5.26 Å². The van der Waals surface area contributed by atoms with Crippen LogP contribution in [0.25, 0.3) is 0 Å². The van der Waals surface area contributed by atoms with Gasteiger partial charge in [-0.15, -0.1) is 10.2 Å². The van der Waals surface area contributed by atoms with Crippen LogP contribution in [-0.4, -0.2) is 16.1 Å². The Labute approximate surface area is 105 Å². The van der Waals surface area contributed by atoms with Crippen molar-refractivity contribution in [1.82, 2.24) is 10.2 Å². The van der Waals surface area contributed by atoms with Crippen LogP contribution in [0.3, 0.4) is 0 Å². The highest BCUT2D eigenvalue weighted by atomic mass is 32.1. The Kier molecular flexibility index (Phi) is 5.04. The minimum Gasteiger partial charge on any atom is -0.299 e. The van der Waals surface area contributed by atoms with Crippen molar-refractivity contribution in [2.75, 3.05) is 5.32 Å². The van der Waals surface area contributed by atoms with Crippen molar-refractivity contribution in [3.8, 4) is 6.07 Å². The van der Waals surface area contributed by atoms with Crippen LogP contribution >= 0.6 is 11.3 Å². The van der Waals surface area contributed by atoms with Gasteiger partial charge >= 0.3 is 0 Å². The van der Waals surface area contributed by atoms with Gasteiger partial charge in [-0.2, -0.15) is 5.26 Å². The van der Waals surface area contributed by atoms with E-state index in [2.05, 4.69) is 29.4 Å². The average Bonchev–Trinajstić information content (AvgIpc) is 2.66. The van der Waals surface area contributed by atoms with Gasteiger partial charge in [0.1, 0.15) is 10.9 Å². The maximum absolute atomic E-state index is 11.6. The summed E-state index contributed by atoms with van der Waals surface area (Å²) >= 11 is 1.36. The molecule has 5 nitrogen and oxygen atoms in total. The lowest BCUT2D eigenvalue weighted by molar-refractivity contribution is -0.118. The standard InChI is InChI=1S/C11H16N4OS/c1-4-8(6-12)10(16)13-11-15-14-9(17-11)5-7(2)3/h7-8H,4-5H2,1-3H3,(H,13,15,16). The van der Waals surface area contributed by atoms with Crippen molar-refractivity contribution in [2.24, 2.45) is 11.8 Å². The maximum atomic E-state index is 11.6. The molecule has 0 bridgehead atoms. The summed E-state index contributed by atoms with van der Waals surface area (Å²) in [5.74, 6) is -0.413. The third-order valence-corrected chi connectivity index (χ3v) is 3.02. The Bertz CT molecular complexity index is 421. The fourth-order valence-corrected chi connectivity index (χ4v) is 2.22. The number of anilines is 1. The Morgan fingerprint density at radius 3 is 2.76 bits per heavy atom. The Morgan fingerprint density at radius 2 is 2.24 bits per heavy atom. The Balaban J connectivity index is 2.60. The first kappa shape index (κ1) is 13.6. The van der Waals surface area contributed by atoms with Crippen LogP contribution in [0.4, 0.5) is 5.13 Å². The summed E-state index contributed by atoms with van der Waals surface area (Å²) in [6, 6.07) is 1.96. The largest absolute Gasteiger partial charge is 0.299 e. The molecule has 1 rings (SSSR count). The van der Waals surface area contributed by atoms with Gasteiger partial charge in [-0.3, -0.25) is 10.1 Å². The first-order valence-electron chi connectivity index (χ1n) is 5.59. The molecule has 1 amide bonds. The van der Waals surface area contributed by atoms with E-state index in [1.165, 1.54) is 11.3 Å². The number of carbonyl (C=O) groups is 1. The summed E-state index contributed by atoms with van der Waals surface area (Å²) in [4.78, 5) is 11.6. The second kappa shape index (κ2) is 6.30. The molecule has 1 atom stereocenters. The number of nitriles is 1. The lowest BCUT2D eigenvalue weighted by atomic mass is 10.1. The highest BCUT2D eigenvalue weighted by molar-refractivity contribution is 7.15. The third-order valence-electron chi connectivity index (χ3n) is 2.16. The molecule has 1 unspecified atom stereocenters. The van der Waals surface area contributed by atoms with E-state index in [9.17, 15) is 4.79 Å². The molecule has 0 aliphatic heterocycles. The maximum Gasteiger partial charge on any atom is 0.243 e. The van der Waals surface area contributed by atoms with Gasteiger partial charge in [-0.25, -0.2) is 0 Å². The predicted octanol–water partition coefficient (Wildman–Crippen LogP) is 2.22. The molecule has 0 saturated carbocycles. The number of rotatable bonds is 5. The summed E-state index contributed by atoms with van der Waals surface area (Å²) < 4.78 is 0. The number of nitrogens with one attached hydrogen (secondary N) is 1. The summed E-state index contributed by atoms with van der Waals surface area (Å²) in [5, 5.41) is 20.6. The average molecular weight is 252 g/mol. The van der Waals surface area contributed by atoms with E-state index in [0.29, 0.717) is 17.5 Å². The van der Waals surface area contributed by atoms with Crippen molar-refractivity contribution in [3.05, 3.63) is 5.01 Å². The molecule has 1 heterocycles. The summed E-state index contributed by atoms with van der Waals surface area (Å²) in [6.07, 6.45) is 1.35. The van der Waals surface area contributed by atoms with E-state index >= 15 is 0 Å². The van der Waals surface area contributed by atoms with Crippen LogP contribution in [0.15, 0.2) is 0 Å². The van der Waals surface area contributed by atoms with Crippen molar-refractivity contribution < 1.29 is 4.79 Å². The molecule has 0 saturated heterocycles. The number of carbonyl (C=O) groups excluding carboxylic acids is 1. The van der Waals surface area contributed by atoms with Crippen LogP contribution in [0, 0.1) is 23.2 Å². The second-order valence-corrected chi connectivity index (χ2v) is 5.24. The zero-order valence-electron chi connectivity index (χ0n) is 10.2. The normalized spacial score (nSPS) is 12.2. The first-order valence-corrected chi connectivity index (χ1v) is 6.41. The Morgan fingerprint density at radius 1 is 1.53 bits per heavy atom. The van der Waals surface area contributed by atoms with E-state index < -0.39 is 5.92 Å². The monoisotopic (exact) mass is 252 g/mol. The van der Waals surface area contributed by atoms with Gasteiger partial charge in [0.2, 0.25) is 11.0 Å². The molecule has 92 valence electrons. The quantitative estimate of drug-likeness (QED) is 0.871. The molecule has 1 aromatic heterocycles. The topological polar surface area (TPSA) is 78.7 Å². The third kappa shape index (κ3) is 4.11. The SMILES string of the molecule is CCC(C#N)C(=O)Nc1nnc(CC(C)C)s1. The number of hydrogen-bond donors (Lipinski definition) is 1. The molecule has 0 spiro atoms. The van der Waals surface area contributed by atoms with Crippen LogP contribution in [0.1, 0.15) is 32.2 Å². The highest BCUT2D eigenvalue weighted by Crippen LogP contribution is 2.19. The van der Waals surface area contributed by atoms with Gasteiger partial charge in [0.05, 0.1) is 6.07 Å². The van der Waals surface area contributed by atoms with Gasteiger partial charge in [0.15, 0.2) is 0 Å². The minimum atomic E-state index is -0.618. The summed E-state index contributed by atoms with van der Waals surface area (Å²) in [6.45, 7) is 6.00. The van der Waals surface area contributed by atoms with E-state index in [0.717, 1.165) is 11.4 Å². The lowest BCUT2D eigenvalue weighted by Crippen LogP contribution is -2.20. The van der Waals surface area contributed by atoms with Crippen LogP contribution in [0.2, 0.25) is 0 Å². The van der Waals surface area contributed by atoms with Crippen LogP contribution in [0.5, 0.6) is 0 Å². The lowest BCUT2D eigenvalue weighted by Gasteiger charge is -2.03. The number of aromatic nitrogens is 2. The Hall–Kier alpha value is -1.48. The molecular formula is C11H16N4OS. The predicted molar refractivity (Wildman–Crippen MR) is 66.5 cm³/mol. The van der Waals surface area contributed by atoms with E-state index in [-0.39, 0.29) is 5.91 Å². The molecular weight excluding hydrogens is 236 g/mol. The molecule has 0 fully saturated rings. The fourth-order valence-electron chi connectivity index (χ4n) is 1.26. The fraction of sp³-hybridized carbons (Fsp3) is 0.636. The van der Waals surface area contributed by atoms with Crippen molar-refractivity contribution in [2.45, 2.75) is 33.6 Å². The van der Waals surface area contributed by atoms with Crippen LogP contribution < -0.4 is 5.32 Å². The van der Waals surface area contributed by atoms with Crippen LogP contribution in [-0.2, 0) is 11.2 Å². The van der Waals surface area contributed by atoms with E-state index in [1.54, 1.807) is 6.92 Å². The van der Waals surface area contributed by atoms with Crippen molar-refractivity contribution in [1.29, 1.82) is 5.26 Å². The van der Waals surface area contributed by atoms with Gasteiger partial charge in [0.25, 0.3) is 0 Å². The molecule has 0 aromatic carbocycles. The number of amides is 1. The van der Waals surface area contributed by atoms with Crippen molar-refractivity contribution >= 4 is 22.4 Å².